The van der Waals surface area contributed by atoms with Crippen molar-refractivity contribution in [3.05, 3.63) is 29.3 Å². The molecule has 0 saturated carbocycles. The molecule has 0 spiro atoms. The van der Waals surface area contributed by atoms with E-state index in [0.717, 1.165) is 5.69 Å². The Kier molecular flexibility index (Phi) is 3.54. The van der Waals surface area contributed by atoms with Crippen molar-refractivity contribution in [3.8, 4) is 0 Å². The summed E-state index contributed by atoms with van der Waals surface area (Å²) < 4.78 is 0. The van der Waals surface area contributed by atoms with E-state index in [0.29, 0.717) is 31.0 Å². The van der Waals surface area contributed by atoms with Gasteiger partial charge in [-0.1, -0.05) is 17.7 Å². The van der Waals surface area contributed by atoms with Crippen molar-refractivity contribution >= 4 is 23.3 Å². The van der Waals surface area contributed by atoms with Crippen LogP contribution < -0.4 is 10.6 Å². The summed E-state index contributed by atoms with van der Waals surface area (Å²) in [4.78, 5) is 11.4. The fraction of sp³-hybridized carbons (Fsp3) is 0.417. The lowest BCUT2D eigenvalue weighted by Crippen LogP contribution is -2.53. The summed E-state index contributed by atoms with van der Waals surface area (Å²) in [6, 6.07) is 7.15. The minimum absolute atomic E-state index is 0.564. The summed E-state index contributed by atoms with van der Waals surface area (Å²) in [5, 5.41) is 16.3. The van der Waals surface area contributed by atoms with E-state index in [1.165, 1.54) is 0 Å². The minimum atomic E-state index is -0.879. The van der Waals surface area contributed by atoms with Gasteiger partial charge in [0, 0.05) is 10.7 Å². The normalized spacial score (nSPS) is 18.6. The topological polar surface area (TPSA) is 61.4 Å². The Balaban J connectivity index is 2.20. The van der Waals surface area contributed by atoms with Gasteiger partial charge < -0.3 is 15.7 Å². The molecule has 0 amide bonds. The third-order valence-electron chi connectivity index (χ3n) is 3.07. The zero-order valence-electron chi connectivity index (χ0n) is 9.37. The molecule has 3 N–H and O–H groups in total. The van der Waals surface area contributed by atoms with E-state index < -0.39 is 11.5 Å². The van der Waals surface area contributed by atoms with E-state index in [1.54, 1.807) is 18.2 Å². The number of piperidine rings is 1. The molecule has 1 aromatic carbocycles. The van der Waals surface area contributed by atoms with Crippen LogP contribution in [0, 0.1) is 0 Å². The lowest BCUT2D eigenvalue weighted by molar-refractivity contribution is -0.143. The first-order valence-electron chi connectivity index (χ1n) is 5.60. The number of anilines is 1. The second-order valence-electron chi connectivity index (χ2n) is 4.27. The van der Waals surface area contributed by atoms with Crippen LogP contribution in [0.15, 0.2) is 24.3 Å². The minimum Gasteiger partial charge on any atom is -0.480 e. The van der Waals surface area contributed by atoms with Crippen LogP contribution in [0.2, 0.25) is 5.02 Å². The van der Waals surface area contributed by atoms with Crippen LogP contribution in [0.5, 0.6) is 0 Å². The van der Waals surface area contributed by atoms with Gasteiger partial charge >= 0.3 is 5.97 Å². The lowest BCUT2D eigenvalue weighted by Gasteiger charge is -2.35. The molecule has 1 fully saturated rings. The fourth-order valence-corrected chi connectivity index (χ4v) is 2.28. The SMILES string of the molecule is O=C(O)C1(Nc2cccc(Cl)c2)CCNCC1. The van der Waals surface area contributed by atoms with Gasteiger partial charge in [0.25, 0.3) is 0 Å². The maximum absolute atomic E-state index is 11.4. The molecule has 1 aliphatic rings. The molecule has 5 heteroatoms. The third-order valence-corrected chi connectivity index (χ3v) is 3.31. The largest absolute Gasteiger partial charge is 0.480 e. The van der Waals surface area contributed by atoms with Crippen LogP contribution in [-0.2, 0) is 4.79 Å². The molecule has 1 aromatic rings. The number of carbonyl (C=O) groups is 1. The second kappa shape index (κ2) is 4.94. The molecule has 0 aromatic heterocycles. The number of benzene rings is 1. The lowest BCUT2D eigenvalue weighted by atomic mass is 9.88. The Hall–Kier alpha value is -1.26. The monoisotopic (exact) mass is 254 g/mol. The summed E-state index contributed by atoms with van der Waals surface area (Å²) in [6.45, 7) is 1.42. The highest BCUT2D eigenvalue weighted by Crippen LogP contribution is 2.26. The average molecular weight is 255 g/mol. The molecule has 2 rings (SSSR count). The highest BCUT2D eigenvalue weighted by molar-refractivity contribution is 6.30. The quantitative estimate of drug-likeness (QED) is 0.772. The van der Waals surface area contributed by atoms with Gasteiger partial charge in [-0.25, -0.2) is 4.79 Å². The highest BCUT2D eigenvalue weighted by atomic mass is 35.5. The van der Waals surface area contributed by atoms with Gasteiger partial charge in [0.05, 0.1) is 0 Å². The molecular formula is C12H15ClN2O2. The van der Waals surface area contributed by atoms with E-state index >= 15 is 0 Å². The van der Waals surface area contributed by atoms with Gasteiger partial charge in [0.15, 0.2) is 0 Å². The number of halogens is 1. The third kappa shape index (κ3) is 2.70. The van der Waals surface area contributed by atoms with Gasteiger partial charge in [-0.2, -0.15) is 0 Å². The molecule has 0 bridgehead atoms. The van der Waals surface area contributed by atoms with E-state index in [1.807, 2.05) is 6.07 Å². The van der Waals surface area contributed by atoms with Crippen molar-refractivity contribution in [3.63, 3.8) is 0 Å². The van der Waals surface area contributed by atoms with Crippen LogP contribution >= 0.6 is 11.6 Å². The predicted molar refractivity (Wildman–Crippen MR) is 67.5 cm³/mol. The Bertz CT molecular complexity index is 417. The maximum atomic E-state index is 11.4. The first kappa shape index (κ1) is 12.2. The van der Waals surface area contributed by atoms with Crippen LogP contribution in [0.1, 0.15) is 12.8 Å². The zero-order chi connectivity index (χ0) is 12.3. The van der Waals surface area contributed by atoms with Crippen LogP contribution in [0.25, 0.3) is 0 Å². The van der Waals surface area contributed by atoms with Crippen molar-refractivity contribution < 1.29 is 9.90 Å². The summed E-state index contributed by atoms with van der Waals surface area (Å²) in [5.41, 5.74) is -0.127. The Morgan fingerprint density at radius 3 is 2.71 bits per heavy atom. The van der Waals surface area contributed by atoms with E-state index in [2.05, 4.69) is 10.6 Å². The Morgan fingerprint density at radius 2 is 2.12 bits per heavy atom. The summed E-state index contributed by atoms with van der Waals surface area (Å²) in [6.07, 6.45) is 1.13. The van der Waals surface area contributed by atoms with Gasteiger partial charge in [0.2, 0.25) is 0 Å². The molecule has 0 atom stereocenters. The molecule has 92 valence electrons. The average Bonchev–Trinajstić information content (AvgIpc) is 2.30. The van der Waals surface area contributed by atoms with Crippen molar-refractivity contribution in [2.45, 2.75) is 18.4 Å². The molecular weight excluding hydrogens is 240 g/mol. The van der Waals surface area contributed by atoms with Crippen molar-refractivity contribution in [2.24, 2.45) is 0 Å². The maximum Gasteiger partial charge on any atom is 0.329 e. The first-order valence-corrected chi connectivity index (χ1v) is 5.98. The second-order valence-corrected chi connectivity index (χ2v) is 4.71. The van der Waals surface area contributed by atoms with Crippen LogP contribution in [0.4, 0.5) is 5.69 Å². The molecule has 0 aliphatic carbocycles. The molecule has 1 heterocycles. The number of nitrogens with one attached hydrogen (secondary N) is 2. The van der Waals surface area contributed by atoms with E-state index in [-0.39, 0.29) is 0 Å². The number of hydrogen-bond donors (Lipinski definition) is 3. The van der Waals surface area contributed by atoms with Gasteiger partial charge in [0.1, 0.15) is 5.54 Å². The van der Waals surface area contributed by atoms with Crippen molar-refractivity contribution in [2.75, 3.05) is 18.4 Å². The van der Waals surface area contributed by atoms with Crippen LogP contribution in [-0.4, -0.2) is 29.7 Å². The van der Waals surface area contributed by atoms with Gasteiger partial charge in [-0.3, -0.25) is 0 Å². The number of carboxylic acid groups (broad SMARTS) is 1. The Labute approximate surface area is 105 Å². The molecule has 0 radical (unpaired) electrons. The number of hydrogen-bond acceptors (Lipinski definition) is 3. The van der Waals surface area contributed by atoms with E-state index in [4.69, 9.17) is 11.6 Å². The number of carboxylic acids is 1. The molecule has 0 unspecified atom stereocenters. The fourth-order valence-electron chi connectivity index (χ4n) is 2.09. The summed E-state index contributed by atoms with van der Waals surface area (Å²) in [7, 11) is 0. The molecule has 17 heavy (non-hydrogen) atoms. The molecule has 1 aliphatic heterocycles. The van der Waals surface area contributed by atoms with Gasteiger partial charge in [-0.05, 0) is 44.1 Å². The predicted octanol–water partition coefficient (Wildman–Crippen LogP) is 1.96. The highest BCUT2D eigenvalue weighted by Gasteiger charge is 2.39. The molecule has 4 nitrogen and oxygen atoms in total. The zero-order valence-corrected chi connectivity index (χ0v) is 10.1. The smallest absolute Gasteiger partial charge is 0.329 e. The van der Waals surface area contributed by atoms with Crippen LogP contribution in [0.3, 0.4) is 0 Å². The van der Waals surface area contributed by atoms with Crippen molar-refractivity contribution in [1.29, 1.82) is 0 Å². The van der Waals surface area contributed by atoms with E-state index in [9.17, 15) is 9.90 Å². The summed E-state index contributed by atoms with van der Waals surface area (Å²) in [5.74, 6) is -0.807. The summed E-state index contributed by atoms with van der Waals surface area (Å²) >= 11 is 5.89. The standard InChI is InChI=1S/C12H15ClN2O2/c13-9-2-1-3-10(8-9)15-12(11(16)17)4-6-14-7-5-12/h1-3,8,14-15H,4-7H2,(H,16,17). The Morgan fingerprint density at radius 1 is 1.41 bits per heavy atom. The molecule has 1 saturated heterocycles. The number of aliphatic carboxylic acids is 1. The number of rotatable bonds is 3. The first-order chi connectivity index (χ1) is 8.12. The van der Waals surface area contributed by atoms with Gasteiger partial charge in [-0.15, -0.1) is 0 Å². The van der Waals surface area contributed by atoms with Crippen molar-refractivity contribution in [1.82, 2.24) is 5.32 Å².